The molecule has 0 aliphatic carbocycles. The topological polar surface area (TPSA) is 78.9 Å². The summed E-state index contributed by atoms with van der Waals surface area (Å²) in [5, 5.41) is 9.64. The van der Waals surface area contributed by atoms with E-state index in [0.717, 1.165) is 29.9 Å². The van der Waals surface area contributed by atoms with Gasteiger partial charge in [0.05, 0.1) is 0 Å². The summed E-state index contributed by atoms with van der Waals surface area (Å²) < 4.78 is 0. The minimum absolute atomic E-state index is 0.120. The van der Waals surface area contributed by atoms with E-state index in [0.29, 0.717) is 18.2 Å². The van der Waals surface area contributed by atoms with Crippen LogP contribution >= 0.6 is 0 Å². The Labute approximate surface area is 200 Å². The second-order valence-corrected chi connectivity index (χ2v) is 8.12. The van der Waals surface area contributed by atoms with Gasteiger partial charge in [0.15, 0.2) is 0 Å². The first kappa shape index (κ1) is 23.0. The Kier molecular flexibility index (Phi) is 7.85. The van der Waals surface area contributed by atoms with Crippen molar-refractivity contribution in [3.05, 3.63) is 114 Å². The highest BCUT2D eigenvalue weighted by atomic mass is 16.2. The maximum absolute atomic E-state index is 13.2. The van der Waals surface area contributed by atoms with Gasteiger partial charge in [-0.15, -0.1) is 0 Å². The fraction of sp³-hybridized carbons (Fsp3) is 0.179. The molecule has 0 unspecified atom stereocenters. The number of nitrogens with one attached hydrogen (secondary N) is 3. The average molecular weight is 452 g/mol. The molecule has 0 aliphatic rings. The molecule has 0 bridgehead atoms. The molecule has 3 aromatic carbocycles. The number of aryl methyl sites for hydroxylation is 1. The number of hydrogen-bond donors (Lipinski definition) is 3. The van der Waals surface area contributed by atoms with Crippen LogP contribution < -0.4 is 16.0 Å². The first-order chi connectivity index (χ1) is 16.7. The summed E-state index contributed by atoms with van der Waals surface area (Å²) in [5.41, 5.74) is 3.90. The Morgan fingerprint density at radius 1 is 0.824 bits per heavy atom. The zero-order valence-electron chi connectivity index (χ0n) is 19.2. The lowest BCUT2D eigenvalue weighted by atomic mass is 10.0. The first-order valence-electron chi connectivity index (χ1n) is 11.5. The lowest BCUT2D eigenvalue weighted by Crippen LogP contribution is -2.37. The van der Waals surface area contributed by atoms with E-state index in [9.17, 15) is 4.79 Å². The summed E-state index contributed by atoms with van der Waals surface area (Å²) in [6.07, 6.45) is 1.40. The molecule has 1 heterocycles. The zero-order valence-corrected chi connectivity index (χ0v) is 19.2. The van der Waals surface area contributed by atoms with Gasteiger partial charge in [0, 0.05) is 30.4 Å². The summed E-state index contributed by atoms with van der Waals surface area (Å²) in [4.78, 5) is 22.3. The normalized spacial score (nSPS) is 11.4. The highest BCUT2D eigenvalue weighted by Gasteiger charge is 2.20. The standard InChI is InChI=1S/C28H29N5O/c1-21-19-26(33-28(30-21)29-18-17-22-11-5-2-6-12-22)32-25(20-23-13-7-3-8-14-23)27(34)31-24-15-9-4-10-16-24/h2-16,19,25H,17-18,20H2,1H3,(H,31,34)(H2,29,30,32,33)/t25-/m0/s1. The van der Waals surface area contributed by atoms with Gasteiger partial charge in [-0.1, -0.05) is 78.9 Å². The van der Waals surface area contributed by atoms with Gasteiger partial charge in [-0.25, -0.2) is 4.98 Å². The molecule has 6 nitrogen and oxygen atoms in total. The number of benzene rings is 3. The van der Waals surface area contributed by atoms with Crippen LogP contribution in [0, 0.1) is 6.92 Å². The van der Waals surface area contributed by atoms with Gasteiger partial charge in [0.2, 0.25) is 11.9 Å². The second kappa shape index (κ2) is 11.6. The van der Waals surface area contributed by atoms with Gasteiger partial charge in [0.1, 0.15) is 11.9 Å². The summed E-state index contributed by atoms with van der Waals surface area (Å²) in [6, 6.07) is 31.1. The molecule has 0 radical (unpaired) electrons. The van der Waals surface area contributed by atoms with E-state index in [1.165, 1.54) is 5.56 Å². The van der Waals surface area contributed by atoms with Crippen LogP contribution in [0.3, 0.4) is 0 Å². The lowest BCUT2D eigenvalue weighted by molar-refractivity contribution is -0.116. The molecule has 0 spiro atoms. The van der Waals surface area contributed by atoms with Crippen molar-refractivity contribution >= 4 is 23.4 Å². The van der Waals surface area contributed by atoms with Crippen LogP contribution in [-0.2, 0) is 17.6 Å². The van der Waals surface area contributed by atoms with Crippen molar-refractivity contribution in [1.82, 2.24) is 9.97 Å². The highest BCUT2D eigenvalue weighted by Crippen LogP contribution is 2.15. The summed E-state index contributed by atoms with van der Waals surface area (Å²) in [5.74, 6) is 1.03. The third-order valence-electron chi connectivity index (χ3n) is 5.36. The molecule has 0 aliphatic heterocycles. The SMILES string of the molecule is Cc1cc(N[C@@H](Cc2ccccc2)C(=O)Nc2ccccc2)nc(NCCc2ccccc2)n1. The Bertz CT molecular complexity index is 1180. The van der Waals surface area contributed by atoms with E-state index < -0.39 is 6.04 Å². The molecule has 1 aromatic heterocycles. The Balaban J connectivity index is 1.47. The molecule has 0 saturated carbocycles. The van der Waals surface area contributed by atoms with Crippen LogP contribution in [0.5, 0.6) is 0 Å². The van der Waals surface area contributed by atoms with Crippen molar-refractivity contribution in [1.29, 1.82) is 0 Å². The predicted molar refractivity (Wildman–Crippen MR) is 138 cm³/mol. The molecular formula is C28H29N5O. The smallest absolute Gasteiger partial charge is 0.247 e. The molecule has 1 amide bonds. The third-order valence-corrected chi connectivity index (χ3v) is 5.36. The maximum Gasteiger partial charge on any atom is 0.247 e. The molecule has 4 aromatic rings. The minimum Gasteiger partial charge on any atom is -0.358 e. The van der Waals surface area contributed by atoms with Crippen molar-refractivity contribution in [2.75, 3.05) is 22.5 Å². The molecule has 1 atom stereocenters. The largest absolute Gasteiger partial charge is 0.358 e. The second-order valence-electron chi connectivity index (χ2n) is 8.12. The third kappa shape index (κ3) is 6.90. The fourth-order valence-corrected chi connectivity index (χ4v) is 3.67. The van der Waals surface area contributed by atoms with Crippen molar-refractivity contribution in [3.8, 4) is 0 Å². The summed E-state index contributed by atoms with van der Waals surface area (Å²) in [7, 11) is 0. The van der Waals surface area contributed by atoms with Crippen LogP contribution in [0.25, 0.3) is 0 Å². The van der Waals surface area contributed by atoms with Crippen LogP contribution in [0.4, 0.5) is 17.5 Å². The molecular weight excluding hydrogens is 422 g/mol. The van der Waals surface area contributed by atoms with Gasteiger partial charge in [-0.3, -0.25) is 4.79 Å². The first-order valence-corrected chi connectivity index (χ1v) is 11.5. The van der Waals surface area contributed by atoms with Crippen LogP contribution in [0.15, 0.2) is 97.1 Å². The number of carbonyl (C=O) groups is 1. The molecule has 0 fully saturated rings. The monoisotopic (exact) mass is 451 g/mol. The number of amides is 1. The number of rotatable bonds is 10. The van der Waals surface area contributed by atoms with E-state index in [-0.39, 0.29) is 5.91 Å². The van der Waals surface area contributed by atoms with Crippen molar-refractivity contribution in [2.24, 2.45) is 0 Å². The minimum atomic E-state index is -0.505. The van der Waals surface area contributed by atoms with Crippen molar-refractivity contribution < 1.29 is 4.79 Å². The van der Waals surface area contributed by atoms with Crippen molar-refractivity contribution in [3.63, 3.8) is 0 Å². The van der Waals surface area contributed by atoms with Gasteiger partial charge in [-0.05, 0) is 36.6 Å². The molecule has 4 rings (SSSR count). The van der Waals surface area contributed by atoms with Crippen LogP contribution in [0.2, 0.25) is 0 Å². The van der Waals surface area contributed by atoms with Gasteiger partial charge < -0.3 is 16.0 Å². The van der Waals surface area contributed by atoms with E-state index in [4.69, 9.17) is 0 Å². The van der Waals surface area contributed by atoms with E-state index in [1.807, 2.05) is 91.9 Å². The lowest BCUT2D eigenvalue weighted by Gasteiger charge is -2.20. The van der Waals surface area contributed by atoms with E-state index in [2.05, 4.69) is 38.1 Å². The quantitative estimate of drug-likeness (QED) is 0.313. The number of aromatic nitrogens is 2. The summed E-state index contributed by atoms with van der Waals surface area (Å²) >= 11 is 0. The molecule has 172 valence electrons. The number of nitrogens with zero attached hydrogens (tertiary/aromatic N) is 2. The van der Waals surface area contributed by atoms with Gasteiger partial charge in [0.25, 0.3) is 0 Å². The van der Waals surface area contributed by atoms with Crippen LogP contribution in [0.1, 0.15) is 16.8 Å². The van der Waals surface area contributed by atoms with Gasteiger partial charge >= 0.3 is 0 Å². The van der Waals surface area contributed by atoms with E-state index >= 15 is 0 Å². The maximum atomic E-state index is 13.2. The Hall–Kier alpha value is -4.19. The molecule has 34 heavy (non-hydrogen) atoms. The predicted octanol–water partition coefficient (Wildman–Crippen LogP) is 5.10. The molecule has 3 N–H and O–H groups in total. The average Bonchev–Trinajstić information content (AvgIpc) is 2.85. The number of carbonyl (C=O) groups excluding carboxylic acids is 1. The Morgan fingerprint density at radius 3 is 2.12 bits per heavy atom. The zero-order chi connectivity index (χ0) is 23.6. The number of anilines is 3. The van der Waals surface area contributed by atoms with Crippen molar-refractivity contribution in [2.45, 2.75) is 25.8 Å². The molecule has 0 saturated heterocycles. The Morgan fingerprint density at radius 2 is 1.44 bits per heavy atom. The van der Waals surface area contributed by atoms with E-state index in [1.54, 1.807) is 0 Å². The summed E-state index contributed by atoms with van der Waals surface area (Å²) in [6.45, 7) is 2.64. The number of para-hydroxylation sites is 1. The number of hydrogen-bond acceptors (Lipinski definition) is 5. The highest BCUT2D eigenvalue weighted by molar-refractivity contribution is 5.96. The fourth-order valence-electron chi connectivity index (χ4n) is 3.67. The van der Waals surface area contributed by atoms with Gasteiger partial charge in [-0.2, -0.15) is 4.98 Å². The molecule has 6 heteroatoms. The van der Waals surface area contributed by atoms with Crippen LogP contribution in [-0.4, -0.2) is 28.5 Å².